The molecule has 0 atom stereocenters. The lowest BCUT2D eigenvalue weighted by molar-refractivity contribution is 1.03. The van der Waals surface area contributed by atoms with Gasteiger partial charge in [-0.2, -0.15) is 0 Å². The maximum Gasteiger partial charge on any atom is 0.0700 e. The van der Waals surface area contributed by atoms with E-state index in [9.17, 15) is 0 Å². The molecule has 26 heavy (non-hydrogen) atoms. The van der Waals surface area contributed by atoms with Gasteiger partial charge in [-0.25, -0.2) is 0 Å². The molecule has 4 rings (SSSR count). The van der Waals surface area contributed by atoms with E-state index in [4.69, 9.17) is 28.9 Å². The lowest BCUT2D eigenvalue weighted by Gasteiger charge is -2.08. The number of nitrogens with one attached hydrogen (secondary N) is 3. The van der Waals surface area contributed by atoms with Crippen molar-refractivity contribution in [3.8, 4) is 0 Å². The Bertz CT molecular complexity index is 1090. The number of aromatic nitrogens is 1. The Morgan fingerprint density at radius 3 is 2.50 bits per heavy atom. The van der Waals surface area contributed by atoms with Crippen LogP contribution in [0, 0.1) is 0 Å². The second kappa shape index (κ2) is 7.08. The van der Waals surface area contributed by atoms with E-state index in [-0.39, 0.29) is 0 Å². The number of anilines is 3. The van der Waals surface area contributed by atoms with Gasteiger partial charge in [0, 0.05) is 40.8 Å². The zero-order valence-corrected chi connectivity index (χ0v) is 15.5. The molecule has 6 heteroatoms. The summed E-state index contributed by atoms with van der Waals surface area (Å²) in [6, 6.07) is 18.0. The summed E-state index contributed by atoms with van der Waals surface area (Å²) in [7, 11) is 0. The molecule has 4 nitrogen and oxygen atoms in total. The first-order valence-electron chi connectivity index (χ1n) is 8.36. The Hall–Kier alpha value is -2.40. The van der Waals surface area contributed by atoms with Crippen molar-refractivity contribution in [3.63, 3.8) is 0 Å². The monoisotopic (exact) mass is 384 g/mol. The zero-order chi connectivity index (χ0) is 18.1. The van der Waals surface area contributed by atoms with Crippen molar-refractivity contribution < 1.29 is 0 Å². The van der Waals surface area contributed by atoms with Crippen LogP contribution < -0.4 is 16.4 Å². The molecular weight excluding hydrogens is 367 g/mol. The number of hydrogen-bond acceptors (Lipinski definition) is 3. The largest absolute Gasteiger partial charge is 0.382 e. The molecular formula is C20H18Cl2N4. The summed E-state index contributed by atoms with van der Waals surface area (Å²) in [5, 5.41) is 10.1. The third-order valence-corrected chi connectivity index (χ3v) is 5.04. The number of para-hydroxylation sites is 1. The maximum atomic E-state index is 6.10. The van der Waals surface area contributed by atoms with E-state index in [1.165, 1.54) is 5.39 Å². The number of nitrogens with two attached hydrogens (primary N) is 1. The maximum absolute atomic E-state index is 6.10. The van der Waals surface area contributed by atoms with E-state index in [1.807, 2.05) is 24.3 Å². The van der Waals surface area contributed by atoms with Gasteiger partial charge in [-0.05, 0) is 42.5 Å². The van der Waals surface area contributed by atoms with Gasteiger partial charge in [0.15, 0.2) is 0 Å². The minimum absolute atomic E-state index is 0.528. The Morgan fingerprint density at radius 1 is 0.885 bits per heavy atom. The van der Waals surface area contributed by atoms with Crippen LogP contribution in [0.1, 0.15) is 0 Å². The quantitative estimate of drug-likeness (QED) is 0.354. The second-order valence-electron chi connectivity index (χ2n) is 6.08. The van der Waals surface area contributed by atoms with Crippen molar-refractivity contribution in [3.05, 3.63) is 64.6 Å². The lowest BCUT2D eigenvalue weighted by atomic mass is 10.1. The first kappa shape index (κ1) is 17.0. The molecule has 4 aromatic rings. The van der Waals surface area contributed by atoms with Gasteiger partial charge in [0.05, 0.1) is 21.2 Å². The SMILES string of the molecule is NCCNc1cccc2c1[nH]c1ccc(Nc3ccc(Cl)c(Cl)c3)cc12. The molecule has 0 saturated carbocycles. The van der Waals surface area contributed by atoms with Crippen LogP contribution in [-0.2, 0) is 0 Å². The highest BCUT2D eigenvalue weighted by atomic mass is 35.5. The summed E-state index contributed by atoms with van der Waals surface area (Å²) in [5.74, 6) is 0. The van der Waals surface area contributed by atoms with Crippen LogP contribution in [0.3, 0.4) is 0 Å². The van der Waals surface area contributed by atoms with Crippen LogP contribution in [0.25, 0.3) is 21.8 Å². The van der Waals surface area contributed by atoms with E-state index in [1.54, 1.807) is 6.07 Å². The first-order chi connectivity index (χ1) is 12.7. The summed E-state index contributed by atoms with van der Waals surface area (Å²) in [6.07, 6.45) is 0. The highest BCUT2D eigenvalue weighted by molar-refractivity contribution is 6.42. The summed E-state index contributed by atoms with van der Waals surface area (Å²) in [5.41, 5.74) is 10.7. The van der Waals surface area contributed by atoms with Crippen molar-refractivity contribution in [1.82, 2.24) is 4.98 Å². The van der Waals surface area contributed by atoms with Crippen LogP contribution in [0.15, 0.2) is 54.6 Å². The van der Waals surface area contributed by atoms with Crippen molar-refractivity contribution in [1.29, 1.82) is 0 Å². The molecule has 0 unspecified atom stereocenters. The molecule has 0 aliphatic heterocycles. The third-order valence-electron chi connectivity index (χ3n) is 4.30. The standard InChI is InChI=1S/C20H18Cl2N4/c21-16-6-4-13(11-17(16)22)25-12-5-7-18-15(10-12)14-2-1-3-19(20(14)26-18)24-9-8-23/h1-7,10-11,24-26H,8-9,23H2. The third kappa shape index (κ3) is 3.19. The molecule has 0 fully saturated rings. The second-order valence-corrected chi connectivity index (χ2v) is 6.90. The molecule has 0 spiro atoms. The molecule has 3 aromatic carbocycles. The summed E-state index contributed by atoms with van der Waals surface area (Å²) < 4.78 is 0. The van der Waals surface area contributed by atoms with Gasteiger partial charge >= 0.3 is 0 Å². The van der Waals surface area contributed by atoms with Crippen molar-refractivity contribution in [2.75, 3.05) is 23.7 Å². The Morgan fingerprint density at radius 2 is 1.69 bits per heavy atom. The molecule has 1 aromatic heterocycles. The van der Waals surface area contributed by atoms with Crippen LogP contribution in [0.5, 0.6) is 0 Å². The van der Waals surface area contributed by atoms with E-state index in [2.05, 4.69) is 39.9 Å². The summed E-state index contributed by atoms with van der Waals surface area (Å²) in [6.45, 7) is 1.33. The Balaban J connectivity index is 1.74. The van der Waals surface area contributed by atoms with Gasteiger partial charge in [-0.3, -0.25) is 0 Å². The summed E-state index contributed by atoms with van der Waals surface area (Å²) in [4.78, 5) is 3.49. The number of fused-ring (bicyclic) bond motifs is 3. The zero-order valence-electron chi connectivity index (χ0n) is 13.9. The van der Waals surface area contributed by atoms with Gasteiger partial charge in [-0.1, -0.05) is 35.3 Å². The van der Waals surface area contributed by atoms with Gasteiger partial charge in [0.25, 0.3) is 0 Å². The molecule has 0 amide bonds. The predicted molar refractivity (Wildman–Crippen MR) is 113 cm³/mol. The number of rotatable bonds is 5. The molecule has 0 aliphatic rings. The number of hydrogen-bond donors (Lipinski definition) is 4. The molecule has 0 radical (unpaired) electrons. The minimum atomic E-state index is 0.528. The number of halogens is 2. The van der Waals surface area contributed by atoms with Crippen LogP contribution >= 0.6 is 23.2 Å². The molecule has 132 valence electrons. The van der Waals surface area contributed by atoms with Crippen molar-refractivity contribution >= 4 is 62.1 Å². The van der Waals surface area contributed by atoms with E-state index < -0.39 is 0 Å². The van der Waals surface area contributed by atoms with E-state index in [0.717, 1.165) is 40.0 Å². The number of aromatic amines is 1. The molecule has 0 aliphatic carbocycles. The summed E-state index contributed by atoms with van der Waals surface area (Å²) >= 11 is 12.1. The average molecular weight is 385 g/mol. The Labute approximate surface area is 161 Å². The molecule has 1 heterocycles. The van der Waals surface area contributed by atoms with E-state index >= 15 is 0 Å². The molecule has 5 N–H and O–H groups in total. The highest BCUT2D eigenvalue weighted by Gasteiger charge is 2.09. The van der Waals surface area contributed by atoms with Gasteiger partial charge in [0.1, 0.15) is 0 Å². The van der Waals surface area contributed by atoms with Crippen molar-refractivity contribution in [2.24, 2.45) is 5.73 Å². The number of H-pyrrole nitrogens is 1. The number of benzene rings is 3. The minimum Gasteiger partial charge on any atom is -0.382 e. The van der Waals surface area contributed by atoms with Gasteiger partial charge in [0.2, 0.25) is 0 Å². The van der Waals surface area contributed by atoms with Crippen LogP contribution in [0.4, 0.5) is 17.1 Å². The molecule has 0 saturated heterocycles. The smallest absolute Gasteiger partial charge is 0.0700 e. The van der Waals surface area contributed by atoms with Crippen LogP contribution in [0.2, 0.25) is 10.0 Å². The molecule has 0 bridgehead atoms. The van der Waals surface area contributed by atoms with Gasteiger partial charge in [-0.15, -0.1) is 0 Å². The predicted octanol–water partition coefficient (Wildman–Crippen LogP) is 5.74. The lowest BCUT2D eigenvalue weighted by Crippen LogP contribution is -2.13. The fraction of sp³-hybridized carbons (Fsp3) is 0.100. The van der Waals surface area contributed by atoms with Crippen LogP contribution in [-0.4, -0.2) is 18.1 Å². The fourth-order valence-corrected chi connectivity index (χ4v) is 3.39. The van der Waals surface area contributed by atoms with Crippen molar-refractivity contribution in [2.45, 2.75) is 0 Å². The average Bonchev–Trinajstić information content (AvgIpc) is 3.02. The van der Waals surface area contributed by atoms with E-state index in [0.29, 0.717) is 16.6 Å². The Kier molecular flexibility index (Phi) is 4.64. The normalized spacial score (nSPS) is 11.2. The topological polar surface area (TPSA) is 65.9 Å². The first-order valence-corrected chi connectivity index (χ1v) is 9.12. The fourth-order valence-electron chi connectivity index (χ4n) is 3.09. The highest BCUT2D eigenvalue weighted by Crippen LogP contribution is 2.33. The van der Waals surface area contributed by atoms with Gasteiger partial charge < -0.3 is 21.4 Å².